The Hall–Kier alpha value is -1.84. The van der Waals surface area contributed by atoms with Crippen molar-refractivity contribution in [2.24, 2.45) is 0 Å². The van der Waals surface area contributed by atoms with Gasteiger partial charge in [-0.3, -0.25) is 9.59 Å². The highest BCUT2D eigenvalue weighted by molar-refractivity contribution is 6.03. The van der Waals surface area contributed by atoms with Crippen LogP contribution in [-0.2, 0) is 9.59 Å². The predicted molar refractivity (Wildman–Crippen MR) is 77.0 cm³/mol. The maximum Gasteiger partial charge on any atom is 0.233 e. The summed E-state index contributed by atoms with van der Waals surface area (Å²) in [7, 11) is 0. The number of carbonyl (C=O) groups excluding carboxylic acids is 2. The standard InChI is InChI=1S/C15H22N2O2/c1-3-4-7-10-16-14(18)11-15(19)17-13-9-6-5-8-12(13)2/h5-6,8-9H,3-4,7,10-11H2,1-2H3,(H,16,18)(H,17,19). The van der Waals surface area contributed by atoms with Gasteiger partial charge in [0, 0.05) is 12.2 Å². The van der Waals surface area contributed by atoms with Crippen LogP contribution in [0.25, 0.3) is 0 Å². The molecule has 0 aliphatic carbocycles. The van der Waals surface area contributed by atoms with Gasteiger partial charge in [0.05, 0.1) is 0 Å². The van der Waals surface area contributed by atoms with Crippen LogP contribution >= 0.6 is 0 Å². The smallest absolute Gasteiger partial charge is 0.233 e. The van der Waals surface area contributed by atoms with Crippen LogP contribution in [0.3, 0.4) is 0 Å². The van der Waals surface area contributed by atoms with E-state index in [1.807, 2.05) is 31.2 Å². The van der Waals surface area contributed by atoms with Gasteiger partial charge in [-0.2, -0.15) is 0 Å². The van der Waals surface area contributed by atoms with Gasteiger partial charge in [0.2, 0.25) is 11.8 Å². The molecule has 2 amide bonds. The van der Waals surface area contributed by atoms with E-state index in [0.29, 0.717) is 6.54 Å². The Morgan fingerprint density at radius 3 is 2.53 bits per heavy atom. The molecule has 0 bridgehead atoms. The van der Waals surface area contributed by atoms with Gasteiger partial charge in [0.25, 0.3) is 0 Å². The fourth-order valence-electron chi connectivity index (χ4n) is 1.72. The van der Waals surface area contributed by atoms with Crippen LogP contribution in [0.1, 0.15) is 38.2 Å². The van der Waals surface area contributed by atoms with Crippen LogP contribution in [0.15, 0.2) is 24.3 Å². The zero-order valence-electron chi connectivity index (χ0n) is 11.7. The lowest BCUT2D eigenvalue weighted by Crippen LogP contribution is -2.29. The molecule has 104 valence electrons. The molecule has 0 atom stereocenters. The van der Waals surface area contributed by atoms with Crippen LogP contribution in [0, 0.1) is 6.92 Å². The summed E-state index contributed by atoms with van der Waals surface area (Å²) in [5.74, 6) is -0.496. The Morgan fingerprint density at radius 1 is 1.11 bits per heavy atom. The van der Waals surface area contributed by atoms with Crippen molar-refractivity contribution in [3.05, 3.63) is 29.8 Å². The van der Waals surface area contributed by atoms with Crippen molar-refractivity contribution >= 4 is 17.5 Å². The number of hydrogen-bond donors (Lipinski definition) is 2. The maximum absolute atomic E-state index is 11.7. The highest BCUT2D eigenvalue weighted by Crippen LogP contribution is 2.13. The lowest BCUT2D eigenvalue weighted by Gasteiger charge is -2.08. The monoisotopic (exact) mass is 262 g/mol. The Morgan fingerprint density at radius 2 is 1.84 bits per heavy atom. The van der Waals surface area contributed by atoms with Gasteiger partial charge in [-0.1, -0.05) is 38.0 Å². The van der Waals surface area contributed by atoms with Gasteiger partial charge in [-0.05, 0) is 25.0 Å². The van der Waals surface area contributed by atoms with Crippen LogP contribution < -0.4 is 10.6 Å². The normalized spacial score (nSPS) is 10.0. The summed E-state index contributed by atoms with van der Waals surface area (Å²) >= 11 is 0. The minimum absolute atomic E-state index is 0.125. The molecule has 19 heavy (non-hydrogen) atoms. The number of benzene rings is 1. The van der Waals surface area contributed by atoms with Gasteiger partial charge in [0.1, 0.15) is 6.42 Å². The van der Waals surface area contributed by atoms with Gasteiger partial charge < -0.3 is 10.6 Å². The molecule has 0 unspecified atom stereocenters. The third kappa shape index (κ3) is 6.04. The van der Waals surface area contributed by atoms with E-state index in [1.165, 1.54) is 0 Å². The van der Waals surface area contributed by atoms with Crippen LogP contribution in [0.5, 0.6) is 0 Å². The van der Waals surface area contributed by atoms with Crippen molar-refractivity contribution in [2.45, 2.75) is 39.5 Å². The molecular formula is C15H22N2O2. The van der Waals surface area contributed by atoms with Crippen molar-refractivity contribution < 1.29 is 9.59 Å². The summed E-state index contributed by atoms with van der Waals surface area (Å²) < 4.78 is 0. The third-order valence-corrected chi connectivity index (χ3v) is 2.84. The number of para-hydroxylation sites is 1. The first-order chi connectivity index (χ1) is 9.13. The maximum atomic E-state index is 11.7. The van der Waals surface area contributed by atoms with E-state index in [4.69, 9.17) is 0 Å². The Kier molecular flexibility index (Phi) is 6.64. The first-order valence-corrected chi connectivity index (χ1v) is 6.75. The number of nitrogens with one attached hydrogen (secondary N) is 2. The number of carbonyl (C=O) groups is 2. The summed E-state index contributed by atoms with van der Waals surface area (Å²) in [6.07, 6.45) is 3.04. The molecule has 1 aromatic rings. The average molecular weight is 262 g/mol. The molecule has 2 N–H and O–H groups in total. The number of anilines is 1. The molecule has 0 saturated heterocycles. The van der Waals surface area contributed by atoms with Crippen molar-refractivity contribution in [1.29, 1.82) is 0 Å². The van der Waals surface area contributed by atoms with Crippen molar-refractivity contribution in [3.63, 3.8) is 0 Å². The quantitative estimate of drug-likeness (QED) is 0.586. The number of aryl methyl sites for hydroxylation is 1. The molecule has 0 heterocycles. The Bertz CT molecular complexity index is 430. The second-order valence-corrected chi connectivity index (χ2v) is 4.60. The second kappa shape index (κ2) is 8.29. The summed E-state index contributed by atoms with van der Waals surface area (Å²) in [5.41, 5.74) is 1.74. The predicted octanol–water partition coefficient (Wildman–Crippen LogP) is 2.63. The highest BCUT2D eigenvalue weighted by atomic mass is 16.2. The number of amides is 2. The molecule has 4 heteroatoms. The lowest BCUT2D eigenvalue weighted by atomic mass is 10.2. The summed E-state index contributed by atoms with van der Waals surface area (Å²) in [5, 5.41) is 5.49. The molecular weight excluding hydrogens is 240 g/mol. The SMILES string of the molecule is CCCCCNC(=O)CC(=O)Nc1ccccc1C. The molecule has 0 spiro atoms. The molecule has 0 saturated carbocycles. The van der Waals surface area contributed by atoms with Gasteiger partial charge in [-0.25, -0.2) is 0 Å². The van der Waals surface area contributed by atoms with E-state index >= 15 is 0 Å². The number of rotatable bonds is 7. The van der Waals surface area contributed by atoms with E-state index in [-0.39, 0.29) is 18.2 Å². The van der Waals surface area contributed by atoms with E-state index < -0.39 is 0 Å². The molecule has 0 aliphatic rings. The highest BCUT2D eigenvalue weighted by Gasteiger charge is 2.09. The minimum atomic E-state index is -0.276. The second-order valence-electron chi connectivity index (χ2n) is 4.60. The van der Waals surface area contributed by atoms with E-state index in [1.54, 1.807) is 0 Å². The fourth-order valence-corrected chi connectivity index (χ4v) is 1.72. The van der Waals surface area contributed by atoms with Crippen molar-refractivity contribution in [2.75, 3.05) is 11.9 Å². The zero-order chi connectivity index (χ0) is 14.1. The number of unbranched alkanes of at least 4 members (excludes halogenated alkanes) is 2. The van der Waals surface area contributed by atoms with Crippen LogP contribution in [-0.4, -0.2) is 18.4 Å². The molecule has 0 fully saturated rings. The van der Waals surface area contributed by atoms with Crippen molar-refractivity contribution in [3.8, 4) is 0 Å². The molecule has 0 aromatic heterocycles. The molecule has 4 nitrogen and oxygen atoms in total. The van der Waals surface area contributed by atoms with E-state index in [0.717, 1.165) is 30.5 Å². The molecule has 1 rings (SSSR count). The first kappa shape index (κ1) is 15.2. The van der Waals surface area contributed by atoms with Crippen LogP contribution in [0.2, 0.25) is 0 Å². The third-order valence-electron chi connectivity index (χ3n) is 2.84. The van der Waals surface area contributed by atoms with Gasteiger partial charge >= 0.3 is 0 Å². The van der Waals surface area contributed by atoms with E-state index in [9.17, 15) is 9.59 Å². The minimum Gasteiger partial charge on any atom is -0.356 e. The van der Waals surface area contributed by atoms with Gasteiger partial charge in [0.15, 0.2) is 0 Å². The summed E-state index contributed by atoms with van der Waals surface area (Å²) in [6, 6.07) is 7.51. The van der Waals surface area contributed by atoms with Gasteiger partial charge in [-0.15, -0.1) is 0 Å². The molecule has 1 aromatic carbocycles. The fraction of sp³-hybridized carbons (Fsp3) is 0.467. The Labute approximate surface area is 114 Å². The first-order valence-electron chi connectivity index (χ1n) is 6.75. The topological polar surface area (TPSA) is 58.2 Å². The average Bonchev–Trinajstić information content (AvgIpc) is 2.37. The lowest BCUT2D eigenvalue weighted by molar-refractivity contribution is -0.126. The van der Waals surface area contributed by atoms with E-state index in [2.05, 4.69) is 17.6 Å². The number of hydrogen-bond acceptors (Lipinski definition) is 2. The Balaban J connectivity index is 2.31. The largest absolute Gasteiger partial charge is 0.356 e. The molecule has 0 radical (unpaired) electrons. The zero-order valence-corrected chi connectivity index (χ0v) is 11.7. The molecule has 0 aliphatic heterocycles. The summed E-state index contributed by atoms with van der Waals surface area (Å²) in [4.78, 5) is 23.2. The van der Waals surface area contributed by atoms with Crippen molar-refractivity contribution in [1.82, 2.24) is 5.32 Å². The van der Waals surface area contributed by atoms with Crippen LogP contribution in [0.4, 0.5) is 5.69 Å². The summed E-state index contributed by atoms with van der Waals surface area (Å²) in [6.45, 7) is 4.67.